The van der Waals surface area contributed by atoms with Gasteiger partial charge in [-0.3, -0.25) is 14.3 Å². The van der Waals surface area contributed by atoms with Gasteiger partial charge in [0.15, 0.2) is 0 Å². The van der Waals surface area contributed by atoms with Crippen LogP contribution in [0.3, 0.4) is 0 Å². The van der Waals surface area contributed by atoms with E-state index < -0.39 is 11.4 Å². The van der Waals surface area contributed by atoms with Gasteiger partial charge in [-0.2, -0.15) is 5.10 Å². The number of carbonyl (C=O) groups is 2. The Bertz CT molecular complexity index is 754. The van der Waals surface area contributed by atoms with Gasteiger partial charge in [0.05, 0.1) is 0 Å². The summed E-state index contributed by atoms with van der Waals surface area (Å²) in [7, 11) is 0. The summed E-state index contributed by atoms with van der Waals surface area (Å²) >= 11 is 0. The number of anilines is 1. The highest BCUT2D eigenvalue weighted by Gasteiger charge is 2.42. The van der Waals surface area contributed by atoms with E-state index >= 15 is 0 Å². The van der Waals surface area contributed by atoms with Crippen LogP contribution in [0, 0.1) is 6.92 Å². The van der Waals surface area contributed by atoms with E-state index in [0.717, 1.165) is 18.7 Å². The summed E-state index contributed by atoms with van der Waals surface area (Å²) in [6.45, 7) is 3.30. The molecule has 8 heteroatoms. The first-order chi connectivity index (χ1) is 11.5. The number of rotatable bonds is 4. The van der Waals surface area contributed by atoms with E-state index in [1.165, 1.54) is 0 Å². The molecule has 0 saturated carbocycles. The summed E-state index contributed by atoms with van der Waals surface area (Å²) in [6.07, 6.45) is 4.78. The highest BCUT2D eigenvalue weighted by atomic mass is 35.5. The van der Waals surface area contributed by atoms with Crippen LogP contribution in [0.5, 0.6) is 0 Å². The van der Waals surface area contributed by atoms with Crippen LogP contribution in [0.25, 0.3) is 0 Å². The number of halogens is 1. The quantitative estimate of drug-likeness (QED) is 0.764. The first-order valence-corrected chi connectivity index (χ1v) is 7.96. The van der Waals surface area contributed by atoms with Crippen LogP contribution in [0.1, 0.15) is 28.8 Å². The van der Waals surface area contributed by atoms with Gasteiger partial charge in [0.25, 0.3) is 5.91 Å². The minimum absolute atomic E-state index is 0. The fraction of sp³-hybridized carbons (Fsp3) is 0.353. The third-order valence-corrected chi connectivity index (χ3v) is 4.56. The summed E-state index contributed by atoms with van der Waals surface area (Å²) in [5, 5.41) is 10.5. The van der Waals surface area contributed by atoms with Gasteiger partial charge in [-0.1, -0.05) is 6.07 Å². The fourth-order valence-electron chi connectivity index (χ4n) is 3.14. The summed E-state index contributed by atoms with van der Waals surface area (Å²) in [4.78, 5) is 24.5. The molecule has 1 aromatic heterocycles. The van der Waals surface area contributed by atoms with Crippen LogP contribution in [0.2, 0.25) is 0 Å². The van der Waals surface area contributed by atoms with E-state index in [9.17, 15) is 9.59 Å². The second-order valence-corrected chi connectivity index (χ2v) is 6.08. The number of hydrogen-bond acceptors (Lipinski definition) is 4. The molecule has 3 rings (SSSR count). The molecular formula is C17H22ClN5O2. The number of piperidine rings is 1. The normalized spacial score (nSPS) is 15.9. The van der Waals surface area contributed by atoms with Crippen molar-refractivity contribution in [2.24, 2.45) is 5.73 Å². The molecule has 25 heavy (non-hydrogen) atoms. The van der Waals surface area contributed by atoms with Crippen molar-refractivity contribution < 1.29 is 9.59 Å². The molecule has 2 amide bonds. The van der Waals surface area contributed by atoms with Crippen LogP contribution in [-0.4, -0.2) is 34.7 Å². The summed E-state index contributed by atoms with van der Waals surface area (Å²) in [5.74, 6) is -0.640. The molecule has 134 valence electrons. The third-order valence-electron chi connectivity index (χ3n) is 4.56. The third kappa shape index (κ3) is 3.67. The Morgan fingerprint density at radius 2 is 2.04 bits per heavy atom. The van der Waals surface area contributed by atoms with E-state index in [0.29, 0.717) is 24.1 Å². The van der Waals surface area contributed by atoms with Crippen LogP contribution < -0.4 is 16.4 Å². The molecule has 0 spiro atoms. The monoisotopic (exact) mass is 363 g/mol. The Kier molecular flexibility index (Phi) is 5.81. The summed E-state index contributed by atoms with van der Waals surface area (Å²) in [5.41, 5.74) is 6.41. The second-order valence-electron chi connectivity index (χ2n) is 6.08. The van der Waals surface area contributed by atoms with Crippen LogP contribution in [-0.2, 0) is 10.3 Å². The first kappa shape index (κ1) is 19.0. The van der Waals surface area contributed by atoms with Crippen molar-refractivity contribution in [2.45, 2.75) is 25.3 Å². The maximum absolute atomic E-state index is 13.0. The molecular weight excluding hydrogens is 342 g/mol. The Labute approximate surface area is 152 Å². The number of nitrogens with one attached hydrogen (secondary N) is 2. The Morgan fingerprint density at radius 1 is 1.32 bits per heavy atom. The van der Waals surface area contributed by atoms with Crippen LogP contribution in [0.4, 0.5) is 5.69 Å². The number of aryl methyl sites for hydroxylation is 1. The van der Waals surface area contributed by atoms with E-state index in [2.05, 4.69) is 15.7 Å². The number of amides is 2. The predicted molar refractivity (Wildman–Crippen MR) is 97.9 cm³/mol. The van der Waals surface area contributed by atoms with Crippen molar-refractivity contribution in [1.82, 2.24) is 15.1 Å². The Balaban J connectivity index is 0.00000225. The van der Waals surface area contributed by atoms with Gasteiger partial charge in [0, 0.05) is 23.6 Å². The SMILES string of the molecule is Cc1ccc(NC(=O)C2(n3cccn3)CCNCC2)cc1C(N)=O.Cl. The van der Waals surface area contributed by atoms with Crippen molar-refractivity contribution >= 4 is 29.9 Å². The van der Waals surface area contributed by atoms with Gasteiger partial charge >= 0.3 is 0 Å². The molecule has 1 fully saturated rings. The fourth-order valence-corrected chi connectivity index (χ4v) is 3.14. The van der Waals surface area contributed by atoms with Gasteiger partial charge in [0.1, 0.15) is 5.54 Å². The number of aromatic nitrogens is 2. The average molecular weight is 364 g/mol. The zero-order valence-corrected chi connectivity index (χ0v) is 14.8. The number of carbonyl (C=O) groups excluding carboxylic acids is 2. The van der Waals surface area contributed by atoms with Gasteiger partial charge in [0.2, 0.25) is 5.91 Å². The van der Waals surface area contributed by atoms with Crippen LogP contribution in [0.15, 0.2) is 36.7 Å². The van der Waals surface area contributed by atoms with Crippen LogP contribution >= 0.6 is 12.4 Å². The maximum atomic E-state index is 13.0. The van der Waals surface area contributed by atoms with E-state index in [-0.39, 0.29) is 18.3 Å². The van der Waals surface area contributed by atoms with Crippen molar-refractivity contribution in [3.8, 4) is 0 Å². The lowest BCUT2D eigenvalue weighted by molar-refractivity contribution is -0.126. The topological polar surface area (TPSA) is 102 Å². The highest BCUT2D eigenvalue weighted by molar-refractivity contribution is 5.99. The lowest BCUT2D eigenvalue weighted by atomic mass is 9.87. The minimum Gasteiger partial charge on any atom is -0.366 e. The average Bonchev–Trinajstić information content (AvgIpc) is 3.12. The van der Waals surface area contributed by atoms with Gasteiger partial charge < -0.3 is 16.4 Å². The Morgan fingerprint density at radius 3 is 2.64 bits per heavy atom. The molecule has 0 aliphatic carbocycles. The molecule has 1 saturated heterocycles. The standard InChI is InChI=1S/C17H21N5O2.ClH/c1-12-3-4-13(11-14(12)15(18)23)21-16(24)17(5-8-19-9-6-17)22-10-2-7-20-22;/h2-4,7,10-11,19H,5-6,8-9H2,1H3,(H2,18,23)(H,21,24);1H. The van der Waals surface area contributed by atoms with E-state index in [1.54, 1.807) is 29.1 Å². The lowest BCUT2D eigenvalue weighted by Gasteiger charge is -2.36. The molecule has 1 aliphatic heterocycles. The van der Waals surface area contributed by atoms with Gasteiger partial charge in [-0.25, -0.2) is 0 Å². The second kappa shape index (κ2) is 7.67. The molecule has 2 heterocycles. The number of nitrogens with two attached hydrogens (primary N) is 1. The number of primary amides is 1. The van der Waals surface area contributed by atoms with E-state index in [4.69, 9.17) is 5.73 Å². The number of nitrogens with zero attached hydrogens (tertiary/aromatic N) is 2. The largest absolute Gasteiger partial charge is 0.366 e. The highest BCUT2D eigenvalue weighted by Crippen LogP contribution is 2.29. The zero-order valence-electron chi connectivity index (χ0n) is 14.0. The lowest BCUT2D eigenvalue weighted by Crippen LogP contribution is -2.52. The molecule has 7 nitrogen and oxygen atoms in total. The molecule has 0 atom stereocenters. The molecule has 1 aliphatic rings. The zero-order chi connectivity index (χ0) is 17.2. The number of benzene rings is 1. The maximum Gasteiger partial charge on any atom is 0.252 e. The Hall–Kier alpha value is -2.38. The molecule has 1 aromatic carbocycles. The number of hydrogen-bond donors (Lipinski definition) is 3. The molecule has 0 unspecified atom stereocenters. The predicted octanol–water partition coefficient (Wildman–Crippen LogP) is 1.43. The summed E-state index contributed by atoms with van der Waals surface area (Å²) in [6, 6.07) is 6.98. The van der Waals surface area contributed by atoms with E-state index in [1.807, 2.05) is 19.2 Å². The summed E-state index contributed by atoms with van der Waals surface area (Å²) < 4.78 is 1.73. The molecule has 2 aromatic rings. The van der Waals surface area contributed by atoms with Crippen molar-refractivity contribution in [1.29, 1.82) is 0 Å². The van der Waals surface area contributed by atoms with Gasteiger partial charge in [-0.15, -0.1) is 12.4 Å². The van der Waals surface area contributed by atoms with Crippen molar-refractivity contribution in [3.05, 3.63) is 47.8 Å². The first-order valence-electron chi connectivity index (χ1n) is 7.96. The van der Waals surface area contributed by atoms with Crippen molar-refractivity contribution in [3.63, 3.8) is 0 Å². The molecule has 0 radical (unpaired) electrons. The smallest absolute Gasteiger partial charge is 0.252 e. The minimum atomic E-state index is -0.730. The van der Waals surface area contributed by atoms with Crippen molar-refractivity contribution in [2.75, 3.05) is 18.4 Å². The van der Waals surface area contributed by atoms with Gasteiger partial charge in [-0.05, 0) is 56.6 Å². The molecule has 0 bridgehead atoms. The molecule has 4 N–H and O–H groups in total.